The summed E-state index contributed by atoms with van der Waals surface area (Å²) in [6.07, 6.45) is 1.84. The molecule has 4 nitrogen and oxygen atoms in total. The van der Waals surface area contributed by atoms with Crippen molar-refractivity contribution >= 4 is 43.5 Å². The van der Waals surface area contributed by atoms with Crippen molar-refractivity contribution in [2.45, 2.75) is 19.3 Å². The molecule has 0 amide bonds. The molecule has 8 aromatic rings. The number of hydrogen-bond acceptors (Lipinski definition) is 3. The molecule has 9 rings (SSSR count). The van der Waals surface area contributed by atoms with Crippen molar-refractivity contribution in [3.05, 3.63) is 133 Å². The zero-order valence-electron chi connectivity index (χ0n) is 23.3. The maximum atomic E-state index is 5.44. The molecule has 3 aromatic heterocycles. The van der Waals surface area contributed by atoms with Gasteiger partial charge in [0.05, 0.1) is 27.9 Å². The number of hydrogen-bond donors (Lipinski definition) is 0. The number of para-hydroxylation sites is 1. The van der Waals surface area contributed by atoms with Gasteiger partial charge in [0.1, 0.15) is 0 Å². The Morgan fingerprint density at radius 2 is 1.38 bits per heavy atom. The predicted octanol–water partition coefficient (Wildman–Crippen LogP) is 9.25. The third-order valence-electron chi connectivity index (χ3n) is 8.98. The van der Waals surface area contributed by atoms with Crippen LogP contribution in [-0.2, 0) is 5.41 Å². The molecule has 42 heavy (non-hydrogen) atoms. The Morgan fingerprint density at radius 3 is 2.29 bits per heavy atom. The first kappa shape index (κ1) is 23.4. The van der Waals surface area contributed by atoms with Crippen LogP contribution in [-0.4, -0.2) is 19.5 Å². The summed E-state index contributed by atoms with van der Waals surface area (Å²) in [4.78, 5) is 15.4. The second-order valence-corrected chi connectivity index (χ2v) is 11.7. The molecule has 1 aliphatic rings. The van der Waals surface area contributed by atoms with Gasteiger partial charge in [0.15, 0.2) is 0 Å². The number of benzene rings is 5. The van der Waals surface area contributed by atoms with Gasteiger partial charge in [-0.25, -0.2) is 9.97 Å². The summed E-state index contributed by atoms with van der Waals surface area (Å²) >= 11 is 0. The highest BCUT2D eigenvalue weighted by molar-refractivity contribution is 6.13. The van der Waals surface area contributed by atoms with Crippen molar-refractivity contribution in [1.29, 1.82) is 0 Å². The van der Waals surface area contributed by atoms with Crippen LogP contribution in [0, 0.1) is 0 Å². The van der Waals surface area contributed by atoms with Crippen molar-refractivity contribution < 1.29 is 0 Å². The van der Waals surface area contributed by atoms with E-state index >= 15 is 0 Å². The largest absolute Gasteiger partial charge is 0.278 e. The minimum Gasteiger partial charge on any atom is -0.278 e. The predicted molar refractivity (Wildman–Crippen MR) is 172 cm³/mol. The fraction of sp³-hybridized carbons (Fsp3) is 0.0789. The maximum absolute atomic E-state index is 5.44. The maximum Gasteiger partial charge on any atom is 0.235 e. The van der Waals surface area contributed by atoms with E-state index < -0.39 is 0 Å². The van der Waals surface area contributed by atoms with Gasteiger partial charge in [-0.2, -0.15) is 0 Å². The number of rotatable bonds is 2. The first-order chi connectivity index (χ1) is 20.6. The molecule has 0 radical (unpaired) electrons. The fourth-order valence-electron chi connectivity index (χ4n) is 6.93. The molecule has 3 heterocycles. The molecule has 198 valence electrons. The zero-order chi connectivity index (χ0) is 28.0. The summed E-state index contributed by atoms with van der Waals surface area (Å²) in [5, 5.41) is 5.92. The van der Waals surface area contributed by atoms with E-state index in [1.807, 2.05) is 12.3 Å². The first-order valence-corrected chi connectivity index (χ1v) is 14.4. The molecular weight excluding hydrogens is 512 g/mol. The van der Waals surface area contributed by atoms with E-state index in [0.29, 0.717) is 5.95 Å². The third kappa shape index (κ3) is 3.15. The van der Waals surface area contributed by atoms with Gasteiger partial charge in [-0.1, -0.05) is 92.7 Å². The quantitative estimate of drug-likeness (QED) is 0.220. The molecule has 0 unspecified atom stereocenters. The Kier molecular flexibility index (Phi) is 4.64. The molecule has 0 N–H and O–H groups in total. The Labute approximate surface area is 242 Å². The molecule has 0 saturated carbocycles. The number of fused-ring (bicyclic) bond motifs is 8. The number of aromatic nitrogens is 4. The van der Waals surface area contributed by atoms with Gasteiger partial charge < -0.3 is 0 Å². The first-order valence-electron chi connectivity index (χ1n) is 14.4. The van der Waals surface area contributed by atoms with Crippen LogP contribution in [0.2, 0.25) is 0 Å². The topological polar surface area (TPSA) is 43.6 Å². The van der Waals surface area contributed by atoms with Gasteiger partial charge in [0, 0.05) is 38.9 Å². The van der Waals surface area contributed by atoms with Gasteiger partial charge >= 0.3 is 0 Å². The van der Waals surface area contributed by atoms with Crippen molar-refractivity contribution in [3.8, 4) is 28.3 Å². The van der Waals surface area contributed by atoms with Gasteiger partial charge in [-0.3, -0.25) is 9.55 Å². The van der Waals surface area contributed by atoms with Crippen LogP contribution in [0.25, 0.3) is 71.8 Å². The summed E-state index contributed by atoms with van der Waals surface area (Å²) in [6, 6.07) is 41.0. The van der Waals surface area contributed by atoms with E-state index in [1.165, 1.54) is 32.7 Å². The Hall–Kier alpha value is -5.35. The SMILES string of the molecule is CC1(C)c2ccccc2-c2c(-c3ccc4ncccc4c3)nc(-n3c4ccccc4c4cc5ccccc5cc43)nc21. The lowest BCUT2D eigenvalue weighted by atomic mass is 9.85. The van der Waals surface area contributed by atoms with E-state index in [0.717, 1.165) is 44.5 Å². The van der Waals surface area contributed by atoms with Crippen molar-refractivity contribution in [2.24, 2.45) is 0 Å². The van der Waals surface area contributed by atoms with Crippen LogP contribution in [0.3, 0.4) is 0 Å². The van der Waals surface area contributed by atoms with Gasteiger partial charge in [0.25, 0.3) is 0 Å². The van der Waals surface area contributed by atoms with Crippen LogP contribution >= 0.6 is 0 Å². The highest BCUT2D eigenvalue weighted by Gasteiger charge is 2.40. The highest BCUT2D eigenvalue weighted by atomic mass is 15.2. The van der Waals surface area contributed by atoms with E-state index in [1.54, 1.807) is 0 Å². The van der Waals surface area contributed by atoms with E-state index in [-0.39, 0.29) is 5.41 Å². The zero-order valence-corrected chi connectivity index (χ0v) is 23.3. The number of nitrogens with zero attached hydrogens (tertiary/aromatic N) is 4. The van der Waals surface area contributed by atoms with Gasteiger partial charge in [-0.05, 0) is 58.3 Å². The van der Waals surface area contributed by atoms with E-state index in [9.17, 15) is 0 Å². The van der Waals surface area contributed by atoms with Crippen LogP contribution in [0.4, 0.5) is 0 Å². The molecule has 0 atom stereocenters. The van der Waals surface area contributed by atoms with Crippen LogP contribution in [0.15, 0.2) is 121 Å². The normalized spacial score (nSPS) is 13.7. The average molecular weight is 539 g/mol. The summed E-state index contributed by atoms with van der Waals surface area (Å²) < 4.78 is 2.25. The van der Waals surface area contributed by atoms with E-state index in [4.69, 9.17) is 9.97 Å². The van der Waals surface area contributed by atoms with Crippen LogP contribution in [0.1, 0.15) is 25.1 Å². The summed E-state index contributed by atoms with van der Waals surface area (Å²) in [6.45, 7) is 4.56. The molecular formula is C38H26N4. The molecule has 0 fully saturated rings. The van der Waals surface area contributed by atoms with Crippen molar-refractivity contribution in [2.75, 3.05) is 0 Å². The van der Waals surface area contributed by atoms with Crippen LogP contribution < -0.4 is 0 Å². The lowest BCUT2D eigenvalue weighted by molar-refractivity contribution is 0.632. The standard InChI is InChI=1S/C38H26N4/c1-38(2)30-15-7-5-14-28(30)34-35(26-17-18-31-25(20-26)12-9-19-39-31)40-37(41-36(34)38)42-32-16-8-6-13-27(32)29-21-23-10-3-4-11-24(23)22-33(29)42/h3-22H,1-2H3. The van der Waals surface area contributed by atoms with Crippen LogP contribution in [0.5, 0.6) is 0 Å². The molecule has 4 heteroatoms. The Morgan fingerprint density at radius 1 is 0.619 bits per heavy atom. The monoisotopic (exact) mass is 538 g/mol. The third-order valence-corrected chi connectivity index (χ3v) is 8.98. The molecule has 1 aliphatic carbocycles. The Balaban J connectivity index is 1.42. The highest BCUT2D eigenvalue weighted by Crippen LogP contribution is 2.51. The van der Waals surface area contributed by atoms with Gasteiger partial charge in [0.2, 0.25) is 5.95 Å². The molecule has 0 saturated heterocycles. The molecule has 0 spiro atoms. The lowest BCUT2D eigenvalue weighted by Crippen LogP contribution is -2.18. The minimum atomic E-state index is -0.276. The lowest BCUT2D eigenvalue weighted by Gasteiger charge is -2.21. The Bertz CT molecular complexity index is 2400. The van der Waals surface area contributed by atoms with Gasteiger partial charge in [-0.15, -0.1) is 0 Å². The minimum absolute atomic E-state index is 0.276. The number of pyridine rings is 1. The van der Waals surface area contributed by atoms with Crippen molar-refractivity contribution in [1.82, 2.24) is 19.5 Å². The molecule has 0 aliphatic heterocycles. The molecule has 5 aromatic carbocycles. The second kappa shape index (κ2) is 8.34. The summed E-state index contributed by atoms with van der Waals surface area (Å²) in [5.41, 5.74) is 9.59. The van der Waals surface area contributed by atoms with Crippen molar-refractivity contribution in [3.63, 3.8) is 0 Å². The average Bonchev–Trinajstić information content (AvgIpc) is 3.47. The fourth-order valence-corrected chi connectivity index (χ4v) is 6.93. The smallest absolute Gasteiger partial charge is 0.235 e. The second-order valence-electron chi connectivity index (χ2n) is 11.7. The summed E-state index contributed by atoms with van der Waals surface area (Å²) in [5.74, 6) is 0.692. The van der Waals surface area contributed by atoms with E-state index in [2.05, 4.69) is 133 Å². The summed E-state index contributed by atoms with van der Waals surface area (Å²) in [7, 11) is 0. The molecule has 0 bridgehead atoms.